The summed E-state index contributed by atoms with van der Waals surface area (Å²) in [5.74, 6) is 1.46. The number of para-hydroxylation sites is 2. The van der Waals surface area contributed by atoms with E-state index in [0.29, 0.717) is 11.5 Å². The van der Waals surface area contributed by atoms with Crippen LogP contribution < -0.4 is 14.2 Å². The molecule has 0 radical (unpaired) electrons. The summed E-state index contributed by atoms with van der Waals surface area (Å²) in [7, 11) is 1.59. The van der Waals surface area contributed by atoms with Gasteiger partial charge in [0.2, 0.25) is 6.10 Å². The summed E-state index contributed by atoms with van der Waals surface area (Å²) in [5.41, 5.74) is 0.850. The average molecular weight is 314 g/mol. The molecule has 1 heterocycles. The normalized spacial score (nSPS) is 19.0. The predicted molar refractivity (Wildman–Crippen MR) is 83.7 cm³/mol. The number of carbonyl (C=O) groups excluding carboxylic acids is 1. The van der Waals surface area contributed by atoms with Crippen LogP contribution in [0.15, 0.2) is 48.5 Å². The molecule has 5 heteroatoms. The molecule has 5 nitrogen and oxygen atoms in total. The maximum atomic E-state index is 12.3. The third kappa shape index (κ3) is 3.39. The lowest BCUT2D eigenvalue weighted by Crippen LogP contribution is -2.44. The van der Waals surface area contributed by atoms with E-state index in [2.05, 4.69) is 0 Å². The van der Waals surface area contributed by atoms with Gasteiger partial charge in [-0.25, -0.2) is 4.79 Å². The Bertz CT molecular complexity index is 697. The Morgan fingerprint density at radius 3 is 2.57 bits per heavy atom. The van der Waals surface area contributed by atoms with E-state index in [1.165, 1.54) is 0 Å². The third-order valence-corrected chi connectivity index (χ3v) is 3.59. The lowest BCUT2D eigenvalue weighted by atomic mass is 10.2. The van der Waals surface area contributed by atoms with Crippen LogP contribution in [0.3, 0.4) is 0 Å². The first-order valence-corrected chi connectivity index (χ1v) is 7.39. The zero-order chi connectivity index (χ0) is 16.2. The number of hydrogen-bond acceptors (Lipinski definition) is 5. The number of carbonyl (C=O) groups is 1. The minimum atomic E-state index is -0.782. The Balaban J connectivity index is 1.64. The molecule has 1 aliphatic heterocycles. The van der Waals surface area contributed by atoms with Crippen LogP contribution in [0, 0.1) is 0 Å². The van der Waals surface area contributed by atoms with Gasteiger partial charge in [0.25, 0.3) is 0 Å². The molecule has 2 aromatic carbocycles. The molecule has 0 fully saturated rings. The highest BCUT2D eigenvalue weighted by Gasteiger charge is 2.35. The minimum Gasteiger partial charge on any atom is -0.497 e. The monoisotopic (exact) mass is 314 g/mol. The van der Waals surface area contributed by atoms with E-state index in [9.17, 15) is 4.79 Å². The van der Waals surface area contributed by atoms with Crippen LogP contribution in [-0.4, -0.2) is 25.3 Å². The van der Waals surface area contributed by atoms with Crippen LogP contribution in [0.5, 0.6) is 17.2 Å². The number of methoxy groups -OCH3 is 1. The summed E-state index contributed by atoms with van der Waals surface area (Å²) >= 11 is 0. The molecule has 0 bridgehead atoms. The molecule has 2 unspecified atom stereocenters. The van der Waals surface area contributed by atoms with E-state index in [1.54, 1.807) is 20.1 Å². The smallest absolute Gasteiger partial charge is 0.351 e. The maximum Gasteiger partial charge on any atom is 0.351 e. The molecule has 0 spiro atoms. The molecule has 0 saturated carbocycles. The van der Waals surface area contributed by atoms with Crippen LogP contribution in [0.4, 0.5) is 0 Å². The first-order chi connectivity index (χ1) is 11.2. The maximum absolute atomic E-state index is 12.3. The number of rotatable bonds is 4. The van der Waals surface area contributed by atoms with Crippen LogP contribution in [0.1, 0.15) is 12.5 Å². The van der Waals surface area contributed by atoms with Crippen molar-refractivity contribution in [3.05, 3.63) is 54.1 Å². The van der Waals surface area contributed by atoms with Gasteiger partial charge < -0.3 is 18.9 Å². The predicted octanol–water partition coefficient (Wildman–Crippen LogP) is 2.97. The summed E-state index contributed by atoms with van der Waals surface area (Å²) in [4.78, 5) is 12.3. The van der Waals surface area contributed by atoms with Crippen LogP contribution in [0.25, 0.3) is 0 Å². The van der Waals surface area contributed by atoms with Gasteiger partial charge in [-0.1, -0.05) is 24.3 Å². The molecule has 0 aromatic heterocycles. The van der Waals surface area contributed by atoms with Gasteiger partial charge in [0.05, 0.1) is 7.11 Å². The van der Waals surface area contributed by atoms with E-state index >= 15 is 0 Å². The van der Waals surface area contributed by atoms with Crippen LogP contribution >= 0.6 is 0 Å². The van der Waals surface area contributed by atoms with Crippen molar-refractivity contribution in [2.45, 2.75) is 25.7 Å². The SMILES string of the molecule is COc1cccc(COC(=O)C2Oc3ccccc3OC2C)c1. The molecule has 1 aliphatic rings. The standard InChI is InChI=1S/C18H18O5/c1-12-17(23-16-9-4-3-8-15(16)22-12)18(19)21-11-13-6-5-7-14(10-13)20-2/h3-10,12,17H,11H2,1-2H3. The topological polar surface area (TPSA) is 54.0 Å². The lowest BCUT2D eigenvalue weighted by Gasteiger charge is -2.30. The third-order valence-electron chi connectivity index (χ3n) is 3.59. The molecule has 23 heavy (non-hydrogen) atoms. The van der Waals surface area contributed by atoms with Crippen molar-refractivity contribution in [3.8, 4) is 17.2 Å². The van der Waals surface area contributed by atoms with Gasteiger partial charge in [-0.2, -0.15) is 0 Å². The zero-order valence-corrected chi connectivity index (χ0v) is 13.0. The number of esters is 1. The Labute approximate surface area is 134 Å². The van der Waals surface area contributed by atoms with Gasteiger partial charge in [-0.15, -0.1) is 0 Å². The van der Waals surface area contributed by atoms with E-state index < -0.39 is 18.2 Å². The number of fused-ring (bicyclic) bond motifs is 1. The van der Waals surface area contributed by atoms with Crippen molar-refractivity contribution in [2.75, 3.05) is 7.11 Å². The lowest BCUT2D eigenvalue weighted by molar-refractivity contribution is -0.159. The summed E-state index contributed by atoms with van der Waals surface area (Å²) in [5, 5.41) is 0. The van der Waals surface area contributed by atoms with Gasteiger partial charge in [0.15, 0.2) is 11.5 Å². The van der Waals surface area contributed by atoms with Crippen molar-refractivity contribution < 1.29 is 23.7 Å². The molecule has 3 rings (SSSR count). The molecule has 0 amide bonds. The quantitative estimate of drug-likeness (QED) is 0.812. The van der Waals surface area contributed by atoms with Crippen molar-refractivity contribution in [3.63, 3.8) is 0 Å². The molecular formula is C18H18O5. The average Bonchev–Trinajstić information content (AvgIpc) is 2.59. The second-order valence-corrected chi connectivity index (χ2v) is 5.27. The number of benzene rings is 2. The highest BCUT2D eigenvalue weighted by Crippen LogP contribution is 2.33. The van der Waals surface area contributed by atoms with E-state index in [-0.39, 0.29) is 6.61 Å². The van der Waals surface area contributed by atoms with Crippen molar-refractivity contribution in [1.29, 1.82) is 0 Å². The van der Waals surface area contributed by atoms with Gasteiger partial charge in [-0.05, 0) is 36.8 Å². The Kier molecular flexibility index (Phi) is 4.37. The molecule has 2 atom stereocenters. The zero-order valence-electron chi connectivity index (χ0n) is 13.0. The number of ether oxygens (including phenoxy) is 4. The molecule has 2 aromatic rings. The highest BCUT2D eigenvalue weighted by atomic mass is 16.6. The number of hydrogen-bond donors (Lipinski definition) is 0. The second kappa shape index (κ2) is 6.60. The molecule has 120 valence electrons. The summed E-state index contributed by atoms with van der Waals surface area (Å²) in [6.45, 7) is 1.94. The molecular weight excluding hydrogens is 296 g/mol. The highest BCUT2D eigenvalue weighted by molar-refractivity contribution is 5.76. The minimum absolute atomic E-state index is 0.157. The van der Waals surface area contributed by atoms with Gasteiger partial charge in [0.1, 0.15) is 18.5 Å². The first-order valence-electron chi connectivity index (χ1n) is 7.39. The van der Waals surface area contributed by atoms with Gasteiger partial charge in [0, 0.05) is 0 Å². The van der Waals surface area contributed by atoms with E-state index in [4.69, 9.17) is 18.9 Å². The van der Waals surface area contributed by atoms with Gasteiger partial charge >= 0.3 is 5.97 Å². The summed E-state index contributed by atoms with van der Waals surface area (Å²) < 4.78 is 21.9. The van der Waals surface area contributed by atoms with Crippen LogP contribution in [0.2, 0.25) is 0 Å². The molecule has 0 N–H and O–H groups in total. The fraction of sp³-hybridized carbons (Fsp3) is 0.278. The van der Waals surface area contributed by atoms with Gasteiger partial charge in [-0.3, -0.25) is 0 Å². The summed E-state index contributed by atoms with van der Waals surface area (Å²) in [6, 6.07) is 14.6. The Morgan fingerprint density at radius 1 is 1.09 bits per heavy atom. The van der Waals surface area contributed by atoms with Crippen molar-refractivity contribution >= 4 is 5.97 Å². The Hall–Kier alpha value is -2.69. The fourth-order valence-electron chi connectivity index (χ4n) is 2.38. The fourth-order valence-corrected chi connectivity index (χ4v) is 2.38. The van der Waals surface area contributed by atoms with Crippen LogP contribution in [-0.2, 0) is 16.1 Å². The van der Waals surface area contributed by atoms with E-state index in [1.807, 2.05) is 42.5 Å². The van der Waals surface area contributed by atoms with Crippen molar-refractivity contribution in [2.24, 2.45) is 0 Å². The summed E-state index contributed by atoms with van der Waals surface area (Å²) in [6.07, 6.45) is -1.20. The largest absolute Gasteiger partial charge is 0.497 e. The van der Waals surface area contributed by atoms with E-state index in [0.717, 1.165) is 11.3 Å². The molecule has 0 aliphatic carbocycles. The second-order valence-electron chi connectivity index (χ2n) is 5.27. The van der Waals surface area contributed by atoms with Crippen molar-refractivity contribution in [1.82, 2.24) is 0 Å². The molecule has 0 saturated heterocycles. The Morgan fingerprint density at radius 2 is 1.83 bits per heavy atom. The first kappa shape index (κ1) is 15.2.